The lowest BCUT2D eigenvalue weighted by molar-refractivity contribution is 0.218. The van der Waals surface area contributed by atoms with Crippen molar-refractivity contribution in [2.45, 2.75) is 52.5 Å². The third-order valence-electron chi connectivity index (χ3n) is 5.02. The van der Waals surface area contributed by atoms with Crippen LogP contribution in [0.15, 0.2) is 21.3 Å². The standard InChI is InChI=1S/C20H27NO3/c1-4-14-17(5-2)24-20-15(19(14)22)9-10-18(23-3)16(20)13-21-11-7-6-8-12-21/h9-10H,4-8,11-13H2,1-3H3. The molecule has 1 aliphatic heterocycles. The first kappa shape index (κ1) is 17.0. The van der Waals surface area contributed by atoms with E-state index < -0.39 is 0 Å². The zero-order valence-electron chi connectivity index (χ0n) is 15.0. The third kappa shape index (κ3) is 3.07. The number of ether oxygens (including phenoxy) is 1. The van der Waals surface area contributed by atoms with Gasteiger partial charge in [0, 0.05) is 18.5 Å². The summed E-state index contributed by atoms with van der Waals surface area (Å²) in [5, 5.41) is 0.678. The molecule has 1 aliphatic rings. The minimum atomic E-state index is 0.109. The number of rotatable bonds is 5. The molecule has 1 saturated heterocycles. The summed E-state index contributed by atoms with van der Waals surface area (Å²) in [5.74, 6) is 1.62. The van der Waals surface area contributed by atoms with E-state index >= 15 is 0 Å². The number of methoxy groups -OCH3 is 1. The highest BCUT2D eigenvalue weighted by molar-refractivity contribution is 5.83. The van der Waals surface area contributed by atoms with Crippen molar-refractivity contribution < 1.29 is 9.15 Å². The van der Waals surface area contributed by atoms with Crippen molar-refractivity contribution in [1.29, 1.82) is 0 Å². The van der Waals surface area contributed by atoms with Gasteiger partial charge in [-0.05, 0) is 44.5 Å². The van der Waals surface area contributed by atoms with Crippen molar-refractivity contribution in [2.75, 3.05) is 20.2 Å². The monoisotopic (exact) mass is 329 g/mol. The SMILES string of the molecule is CCc1oc2c(CN3CCCCC3)c(OC)ccc2c(=O)c1CC. The van der Waals surface area contributed by atoms with E-state index in [2.05, 4.69) is 4.90 Å². The normalized spacial score (nSPS) is 15.8. The molecule has 0 saturated carbocycles. The molecule has 0 spiro atoms. The Morgan fingerprint density at radius 1 is 1.08 bits per heavy atom. The summed E-state index contributed by atoms with van der Waals surface area (Å²) in [6, 6.07) is 3.75. The van der Waals surface area contributed by atoms with E-state index in [-0.39, 0.29) is 5.43 Å². The molecule has 3 rings (SSSR count). The first-order valence-corrected chi connectivity index (χ1v) is 9.06. The van der Waals surface area contributed by atoms with Gasteiger partial charge in [0.05, 0.1) is 18.1 Å². The lowest BCUT2D eigenvalue weighted by Gasteiger charge is -2.27. The third-order valence-corrected chi connectivity index (χ3v) is 5.02. The highest BCUT2D eigenvalue weighted by atomic mass is 16.5. The Morgan fingerprint density at radius 3 is 2.46 bits per heavy atom. The van der Waals surface area contributed by atoms with E-state index in [9.17, 15) is 4.79 Å². The molecule has 0 N–H and O–H groups in total. The van der Waals surface area contributed by atoms with Crippen LogP contribution in [0.2, 0.25) is 0 Å². The molecule has 2 aromatic rings. The number of benzene rings is 1. The number of piperidine rings is 1. The Kier molecular flexibility index (Phi) is 5.24. The van der Waals surface area contributed by atoms with Crippen molar-refractivity contribution in [2.24, 2.45) is 0 Å². The van der Waals surface area contributed by atoms with E-state index in [1.54, 1.807) is 7.11 Å². The van der Waals surface area contributed by atoms with Crippen LogP contribution in [0.5, 0.6) is 5.75 Å². The van der Waals surface area contributed by atoms with Crippen molar-refractivity contribution in [1.82, 2.24) is 4.90 Å². The van der Waals surface area contributed by atoms with Gasteiger partial charge in [-0.15, -0.1) is 0 Å². The fraction of sp³-hybridized carbons (Fsp3) is 0.550. The maximum Gasteiger partial charge on any atom is 0.196 e. The second-order valence-electron chi connectivity index (χ2n) is 6.50. The summed E-state index contributed by atoms with van der Waals surface area (Å²) >= 11 is 0. The van der Waals surface area contributed by atoms with Crippen LogP contribution in [-0.2, 0) is 19.4 Å². The van der Waals surface area contributed by atoms with Gasteiger partial charge < -0.3 is 9.15 Å². The molecule has 1 aromatic heterocycles. The molecule has 4 nitrogen and oxygen atoms in total. The average Bonchev–Trinajstić information content (AvgIpc) is 2.62. The minimum absolute atomic E-state index is 0.109. The number of fused-ring (bicyclic) bond motifs is 1. The Bertz CT molecular complexity index is 773. The highest BCUT2D eigenvalue weighted by Crippen LogP contribution is 2.30. The van der Waals surface area contributed by atoms with Crippen LogP contribution < -0.4 is 10.2 Å². The van der Waals surface area contributed by atoms with Crippen LogP contribution >= 0.6 is 0 Å². The van der Waals surface area contributed by atoms with Crippen LogP contribution in [0.4, 0.5) is 0 Å². The summed E-state index contributed by atoms with van der Waals surface area (Å²) in [7, 11) is 1.68. The summed E-state index contributed by atoms with van der Waals surface area (Å²) < 4.78 is 11.8. The van der Waals surface area contributed by atoms with Gasteiger partial charge in [0.1, 0.15) is 17.1 Å². The van der Waals surface area contributed by atoms with E-state index in [1.165, 1.54) is 19.3 Å². The molecule has 24 heavy (non-hydrogen) atoms. The number of hydrogen-bond acceptors (Lipinski definition) is 4. The van der Waals surface area contributed by atoms with Gasteiger partial charge in [-0.1, -0.05) is 20.3 Å². The van der Waals surface area contributed by atoms with Crippen LogP contribution in [0.3, 0.4) is 0 Å². The van der Waals surface area contributed by atoms with Crippen molar-refractivity contribution >= 4 is 11.0 Å². The first-order chi connectivity index (χ1) is 11.7. The van der Waals surface area contributed by atoms with Crippen molar-refractivity contribution in [3.8, 4) is 5.75 Å². The second kappa shape index (κ2) is 7.39. The molecule has 2 heterocycles. The smallest absolute Gasteiger partial charge is 0.196 e. The molecular formula is C20H27NO3. The summed E-state index contributed by atoms with van der Waals surface area (Å²) in [5.41, 5.74) is 2.63. The van der Waals surface area contributed by atoms with E-state index in [1.807, 2.05) is 26.0 Å². The van der Waals surface area contributed by atoms with Crippen molar-refractivity contribution in [3.63, 3.8) is 0 Å². The topological polar surface area (TPSA) is 42.7 Å². The lowest BCUT2D eigenvalue weighted by Crippen LogP contribution is -2.29. The van der Waals surface area contributed by atoms with E-state index in [0.717, 1.165) is 48.7 Å². The summed E-state index contributed by atoms with van der Waals surface area (Å²) in [6.07, 6.45) is 5.20. The molecular weight excluding hydrogens is 302 g/mol. The largest absolute Gasteiger partial charge is 0.496 e. The summed E-state index contributed by atoms with van der Waals surface area (Å²) in [6.45, 7) is 7.01. The van der Waals surface area contributed by atoms with Crippen LogP contribution in [0.25, 0.3) is 11.0 Å². The van der Waals surface area contributed by atoms with Crippen molar-refractivity contribution in [3.05, 3.63) is 39.2 Å². The zero-order valence-corrected chi connectivity index (χ0v) is 15.0. The van der Waals surface area contributed by atoms with Crippen LogP contribution in [0, 0.1) is 0 Å². The molecule has 0 unspecified atom stereocenters. The second-order valence-corrected chi connectivity index (χ2v) is 6.50. The molecule has 0 amide bonds. The molecule has 4 heteroatoms. The predicted octanol–water partition coefficient (Wildman–Crippen LogP) is 3.91. The van der Waals surface area contributed by atoms with Gasteiger partial charge in [-0.3, -0.25) is 9.69 Å². The fourth-order valence-corrected chi connectivity index (χ4v) is 3.70. The maximum atomic E-state index is 12.9. The number of likely N-dealkylation sites (tertiary alicyclic amines) is 1. The Labute approximate surface area is 143 Å². The molecule has 0 radical (unpaired) electrons. The van der Waals surface area contributed by atoms with Gasteiger partial charge in [-0.2, -0.15) is 0 Å². The number of aryl methyl sites for hydroxylation is 1. The summed E-state index contributed by atoms with van der Waals surface area (Å²) in [4.78, 5) is 15.3. The minimum Gasteiger partial charge on any atom is -0.496 e. The fourth-order valence-electron chi connectivity index (χ4n) is 3.70. The Morgan fingerprint density at radius 2 is 1.83 bits per heavy atom. The molecule has 0 aliphatic carbocycles. The van der Waals surface area contributed by atoms with Gasteiger partial charge in [-0.25, -0.2) is 0 Å². The van der Waals surface area contributed by atoms with Crippen LogP contribution in [-0.4, -0.2) is 25.1 Å². The van der Waals surface area contributed by atoms with Gasteiger partial charge in [0.25, 0.3) is 0 Å². The predicted molar refractivity (Wildman–Crippen MR) is 96.9 cm³/mol. The quantitative estimate of drug-likeness (QED) is 0.834. The Balaban J connectivity index is 2.17. The first-order valence-electron chi connectivity index (χ1n) is 9.06. The number of nitrogens with zero attached hydrogens (tertiary/aromatic N) is 1. The van der Waals surface area contributed by atoms with Gasteiger partial charge in [0.2, 0.25) is 0 Å². The molecule has 0 atom stereocenters. The van der Waals surface area contributed by atoms with Gasteiger partial charge in [0.15, 0.2) is 5.43 Å². The Hall–Kier alpha value is -1.81. The number of hydrogen-bond donors (Lipinski definition) is 0. The zero-order chi connectivity index (χ0) is 17.1. The molecule has 130 valence electrons. The van der Waals surface area contributed by atoms with E-state index in [4.69, 9.17) is 9.15 Å². The van der Waals surface area contributed by atoms with Crippen LogP contribution in [0.1, 0.15) is 50.0 Å². The molecule has 0 bridgehead atoms. The maximum absolute atomic E-state index is 12.9. The highest BCUT2D eigenvalue weighted by Gasteiger charge is 2.20. The lowest BCUT2D eigenvalue weighted by atomic mass is 10.0. The van der Waals surface area contributed by atoms with Gasteiger partial charge >= 0.3 is 0 Å². The molecule has 1 aromatic carbocycles. The van der Waals surface area contributed by atoms with E-state index in [0.29, 0.717) is 17.4 Å². The molecule has 1 fully saturated rings. The average molecular weight is 329 g/mol.